The third kappa shape index (κ3) is 3.61. The van der Waals surface area contributed by atoms with E-state index in [2.05, 4.69) is 4.74 Å². The second-order valence-corrected chi connectivity index (χ2v) is 6.75. The molecule has 1 aromatic carbocycles. The van der Waals surface area contributed by atoms with Crippen LogP contribution < -0.4 is 4.74 Å². The minimum absolute atomic E-state index is 0.254. The number of benzene rings is 1. The van der Waals surface area contributed by atoms with Crippen molar-refractivity contribution in [3.8, 4) is 11.4 Å². The summed E-state index contributed by atoms with van der Waals surface area (Å²) in [6.45, 7) is 1.46. The number of ether oxygens (including phenoxy) is 2. The van der Waals surface area contributed by atoms with Crippen LogP contribution in [0.4, 0.5) is 4.79 Å². The number of aromatic nitrogens is 1. The van der Waals surface area contributed by atoms with Crippen molar-refractivity contribution in [1.29, 1.82) is 0 Å². The Morgan fingerprint density at radius 3 is 2.48 bits per heavy atom. The van der Waals surface area contributed by atoms with Crippen molar-refractivity contribution in [2.45, 2.75) is 13.0 Å². The van der Waals surface area contributed by atoms with Gasteiger partial charge in [-0.05, 0) is 61.2 Å². The molecular formula is C19H18N2O5S. The summed E-state index contributed by atoms with van der Waals surface area (Å²) in [5.74, 6) is -0.407. The number of esters is 1. The first-order chi connectivity index (χ1) is 13.0. The molecule has 3 rings (SSSR count). The summed E-state index contributed by atoms with van der Waals surface area (Å²) in [6.07, 6.45) is 3.49. The molecule has 1 aliphatic rings. The number of methoxy groups -OCH3 is 2. The van der Waals surface area contributed by atoms with Gasteiger partial charge in [0.05, 0.1) is 19.1 Å². The normalized spacial score (nSPS) is 16.7. The van der Waals surface area contributed by atoms with E-state index in [1.54, 1.807) is 13.2 Å². The summed E-state index contributed by atoms with van der Waals surface area (Å²) in [5.41, 5.74) is 1.62. The van der Waals surface area contributed by atoms with Crippen molar-refractivity contribution >= 4 is 35.0 Å². The second kappa shape index (κ2) is 7.71. The van der Waals surface area contributed by atoms with Gasteiger partial charge in [-0.15, -0.1) is 0 Å². The van der Waals surface area contributed by atoms with Crippen LogP contribution in [0.15, 0.2) is 47.5 Å². The first kappa shape index (κ1) is 18.8. The minimum atomic E-state index is -0.971. The molecule has 0 bridgehead atoms. The molecule has 2 amide bonds. The number of imide groups is 1. The van der Waals surface area contributed by atoms with E-state index in [4.69, 9.17) is 4.74 Å². The van der Waals surface area contributed by atoms with Crippen LogP contribution in [0.2, 0.25) is 0 Å². The molecule has 2 heterocycles. The molecule has 0 aliphatic carbocycles. The lowest BCUT2D eigenvalue weighted by molar-refractivity contribution is -0.148. The molecule has 140 valence electrons. The third-order valence-corrected chi connectivity index (χ3v) is 5.05. The van der Waals surface area contributed by atoms with Gasteiger partial charge in [-0.1, -0.05) is 0 Å². The Labute approximate surface area is 160 Å². The lowest BCUT2D eigenvalue weighted by Gasteiger charge is -2.18. The molecule has 27 heavy (non-hydrogen) atoms. The van der Waals surface area contributed by atoms with Gasteiger partial charge in [-0.25, -0.2) is 4.79 Å². The summed E-state index contributed by atoms with van der Waals surface area (Å²) in [6, 6.07) is 10.2. The Hall–Kier alpha value is -3.00. The highest BCUT2D eigenvalue weighted by Gasteiger charge is 2.41. The van der Waals surface area contributed by atoms with Crippen LogP contribution in [0.1, 0.15) is 12.6 Å². The van der Waals surface area contributed by atoms with E-state index in [0.717, 1.165) is 33.8 Å². The Morgan fingerprint density at radius 1 is 1.15 bits per heavy atom. The number of carbonyl (C=O) groups is 3. The maximum atomic E-state index is 12.6. The van der Waals surface area contributed by atoms with E-state index in [-0.39, 0.29) is 4.91 Å². The molecule has 7 nitrogen and oxygen atoms in total. The van der Waals surface area contributed by atoms with Crippen molar-refractivity contribution in [2.24, 2.45) is 0 Å². The molecule has 0 saturated carbocycles. The van der Waals surface area contributed by atoms with Crippen LogP contribution in [0, 0.1) is 0 Å². The van der Waals surface area contributed by atoms with Gasteiger partial charge in [-0.2, -0.15) is 0 Å². The maximum Gasteiger partial charge on any atom is 0.328 e. The van der Waals surface area contributed by atoms with E-state index in [1.807, 2.05) is 47.2 Å². The second-order valence-electron chi connectivity index (χ2n) is 5.75. The minimum Gasteiger partial charge on any atom is -0.497 e. The molecule has 1 atom stereocenters. The molecule has 0 spiro atoms. The molecule has 0 radical (unpaired) electrons. The number of carbonyl (C=O) groups excluding carboxylic acids is 3. The number of amides is 2. The fourth-order valence-electron chi connectivity index (χ4n) is 2.71. The van der Waals surface area contributed by atoms with Gasteiger partial charge < -0.3 is 14.0 Å². The van der Waals surface area contributed by atoms with E-state index in [1.165, 1.54) is 14.0 Å². The highest BCUT2D eigenvalue weighted by atomic mass is 32.2. The van der Waals surface area contributed by atoms with Crippen molar-refractivity contribution in [3.05, 3.63) is 53.2 Å². The zero-order chi connectivity index (χ0) is 19.6. The van der Waals surface area contributed by atoms with E-state index < -0.39 is 23.2 Å². The largest absolute Gasteiger partial charge is 0.497 e. The van der Waals surface area contributed by atoms with Crippen molar-refractivity contribution < 1.29 is 23.9 Å². The summed E-state index contributed by atoms with van der Waals surface area (Å²) in [7, 11) is 2.82. The Kier molecular flexibility index (Phi) is 5.36. The predicted octanol–water partition coefficient (Wildman–Crippen LogP) is 3.08. The fraction of sp³-hybridized carbons (Fsp3) is 0.211. The van der Waals surface area contributed by atoms with E-state index in [9.17, 15) is 14.4 Å². The molecule has 1 aromatic heterocycles. The van der Waals surface area contributed by atoms with Gasteiger partial charge in [0.25, 0.3) is 11.1 Å². The summed E-state index contributed by atoms with van der Waals surface area (Å²) in [5, 5.41) is -0.494. The third-order valence-electron chi connectivity index (χ3n) is 4.16. The van der Waals surface area contributed by atoms with E-state index in [0.29, 0.717) is 0 Å². The van der Waals surface area contributed by atoms with Crippen LogP contribution in [0.3, 0.4) is 0 Å². The van der Waals surface area contributed by atoms with Crippen molar-refractivity contribution in [3.63, 3.8) is 0 Å². The number of nitrogens with zero attached hydrogens (tertiary/aromatic N) is 2. The van der Waals surface area contributed by atoms with Gasteiger partial charge >= 0.3 is 5.97 Å². The zero-order valence-electron chi connectivity index (χ0n) is 15.0. The Bertz CT molecular complexity index is 916. The van der Waals surface area contributed by atoms with Crippen molar-refractivity contribution in [1.82, 2.24) is 9.47 Å². The highest BCUT2D eigenvalue weighted by Crippen LogP contribution is 2.34. The SMILES string of the molecule is COC(=O)C(C)N1C(=O)S/C(=C\c2cccn2-c2ccc(OC)cc2)C1=O. The van der Waals surface area contributed by atoms with Crippen LogP contribution in [0.5, 0.6) is 5.75 Å². The predicted molar refractivity (Wildman–Crippen MR) is 102 cm³/mol. The Balaban J connectivity index is 1.90. The number of hydrogen-bond acceptors (Lipinski definition) is 6. The average Bonchev–Trinajstić information content (AvgIpc) is 3.25. The van der Waals surface area contributed by atoms with Crippen LogP contribution in [-0.2, 0) is 14.3 Å². The van der Waals surface area contributed by atoms with Gasteiger partial charge in [-0.3, -0.25) is 14.5 Å². The number of hydrogen-bond donors (Lipinski definition) is 0. The van der Waals surface area contributed by atoms with Gasteiger partial charge in [0, 0.05) is 17.6 Å². The summed E-state index contributed by atoms with van der Waals surface area (Å²) >= 11 is 0.804. The molecule has 1 saturated heterocycles. The smallest absolute Gasteiger partial charge is 0.328 e. The summed E-state index contributed by atoms with van der Waals surface area (Å²) in [4.78, 5) is 37.7. The topological polar surface area (TPSA) is 77.8 Å². The van der Waals surface area contributed by atoms with Gasteiger partial charge in [0.1, 0.15) is 11.8 Å². The van der Waals surface area contributed by atoms with E-state index >= 15 is 0 Å². The van der Waals surface area contributed by atoms with Gasteiger partial charge in [0.15, 0.2) is 0 Å². The van der Waals surface area contributed by atoms with Crippen molar-refractivity contribution in [2.75, 3.05) is 14.2 Å². The first-order valence-corrected chi connectivity index (χ1v) is 8.94. The molecule has 0 N–H and O–H groups in total. The standard InChI is InChI=1S/C19H18N2O5S/c1-12(18(23)26-3)21-17(22)16(27-19(21)24)11-14-5-4-10-20(14)13-6-8-15(25-2)9-7-13/h4-12H,1-3H3/b16-11-. The quantitative estimate of drug-likeness (QED) is 0.581. The maximum absolute atomic E-state index is 12.6. The molecule has 1 aliphatic heterocycles. The molecule has 1 unspecified atom stereocenters. The first-order valence-electron chi connectivity index (χ1n) is 8.13. The number of thioether (sulfide) groups is 1. The molecular weight excluding hydrogens is 368 g/mol. The lowest BCUT2D eigenvalue weighted by Crippen LogP contribution is -2.42. The Morgan fingerprint density at radius 2 is 1.85 bits per heavy atom. The molecule has 8 heteroatoms. The highest BCUT2D eigenvalue weighted by molar-refractivity contribution is 8.18. The zero-order valence-corrected chi connectivity index (χ0v) is 15.9. The molecule has 2 aromatic rings. The lowest BCUT2D eigenvalue weighted by atomic mass is 10.2. The average molecular weight is 386 g/mol. The van der Waals surface area contributed by atoms with Crippen LogP contribution in [-0.4, -0.2) is 46.8 Å². The van der Waals surface area contributed by atoms with Crippen LogP contribution in [0.25, 0.3) is 11.8 Å². The van der Waals surface area contributed by atoms with Crippen LogP contribution >= 0.6 is 11.8 Å². The van der Waals surface area contributed by atoms with Gasteiger partial charge in [0.2, 0.25) is 0 Å². The number of rotatable bonds is 5. The fourth-order valence-corrected chi connectivity index (χ4v) is 3.61. The monoisotopic (exact) mass is 386 g/mol. The molecule has 1 fully saturated rings. The summed E-state index contributed by atoms with van der Waals surface area (Å²) < 4.78 is 11.7.